The third kappa shape index (κ3) is 4.06. The molecule has 1 aromatic heterocycles. The zero-order valence-corrected chi connectivity index (χ0v) is 16.3. The molecule has 1 amide bonds. The number of nitroso groups, excluding NO2 is 1. The van der Waals surface area contributed by atoms with Crippen LogP contribution in [0.3, 0.4) is 0 Å². The van der Waals surface area contributed by atoms with Gasteiger partial charge in [-0.15, -0.1) is 0 Å². The number of hydrogen-bond acceptors (Lipinski definition) is 4. The fourth-order valence-corrected chi connectivity index (χ4v) is 3.92. The number of carbonyl (C=O) groups excluding carboxylic acids is 1. The van der Waals surface area contributed by atoms with Crippen molar-refractivity contribution in [3.05, 3.63) is 50.2 Å². The fraction of sp³-hybridized carbons (Fsp3) is 0.450. The first-order valence-corrected chi connectivity index (χ1v) is 9.39. The first-order valence-electron chi connectivity index (χ1n) is 9.39. The number of pyridine rings is 1. The average Bonchev–Trinajstić information content (AvgIpc) is 2.66. The highest BCUT2D eigenvalue weighted by Gasteiger charge is 2.47. The molecule has 158 valence electrons. The highest BCUT2D eigenvalue weighted by Crippen LogP contribution is 2.24. The Kier molecular flexibility index (Phi) is 5.92. The number of H-pyrrole nitrogens is 1. The lowest BCUT2D eigenvalue weighted by Crippen LogP contribution is -2.55. The lowest BCUT2D eigenvalue weighted by molar-refractivity contribution is -0.610. The molecule has 1 saturated heterocycles. The van der Waals surface area contributed by atoms with Crippen LogP contribution in [0, 0.1) is 40.7 Å². The molecule has 4 atom stereocenters. The first kappa shape index (κ1) is 21.5. The molecular formula is C20H20F3N4O3+. The molecule has 1 aliphatic heterocycles. The highest BCUT2D eigenvalue weighted by atomic mass is 19.2. The number of aromatic nitrogens is 1. The minimum absolute atomic E-state index is 0.0576. The zero-order valence-electron chi connectivity index (χ0n) is 16.3. The third-order valence-corrected chi connectivity index (χ3v) is 5.47. The van der Waals surface area contributed by atoms with Crippen LogP contribution < -0.4 is 10.9 Å². The number of piperidine rings is 1. The molecule has 2 N–H and O–H groups in total. The Labute approximate surface area is 169 Å². The van der Waals surface area contributed by atoms with Gasteiger partial charge in [0.1, 0.15) is 5.92 Å². The summed E-state index contributed by atoms with van der Waals surface area (Å²) in [6.45, 7) is 2.84. The summed E-state index contributed by atoms with van der Waals surface area (Å²) in [5, 5.41) is 11.7. The number of carbonyl (C=O) groups is 1. The summed E-state index contributed by atoms with van der Waals surface area (Å²) in [4.78, 5) is 39.4. The molecule has 0 aliphatic carbocycles. The number of nitriles is 1. The van der Waals surface area contributed by atoms with E-state index in [1.807, 2.05) is 6.07 Å². The van der Waals surface area contributed by atoms with Gasteiger partial charge in [-0.3, -0.25) is 9.59 Å². The quantitative estimate of drug-likeness (QED) is 0.738. The number of aryl methyl sites for hydroxylation is 1. The summed E-state index contributed by atoms with van der Waals surface area (Å²) in [6.07, 6.45) is -2.06. The standard InChI is InChI=1S/C20H19F3N4O3/c1-9-12-4-14(21)15(22)6-17(12)26-20(29)13(9)5-18(28)25-10(2)19-16(23)3-11(7-24)8-27(19)30/h4,6,10-11,16,19H,3,5,8H2,1-2H3,(H-,25,26,28,29)/p+1. The molecule has 2 aromatic rings. The van der Waals surface area contributed by atoms with Crippen molar-refractivity contribution in [2.75, 3.05) is 6.54 Å². The van der Waals surface area contributed by atoms with Crippen LogP contribution in [0.5, 0.6) is 0 Å². The Morgan fingerprint density at radius 2 is 2.07 bits per heavy atom. The Balaban J connectivity index is 1.79. The molecular weight excluding hydrogens is 401 g/mol. The smallest absolute Gasteiger partial charge is 0.252 e. The van der Waals surface area contributed by atoms with Crippen molar-refractivity contribution in [3.63, 3.8) is 0 Å². The second-order valence-electron chi connectivity index (χ2n) is 7.57. The molecule has 1 aliphatic rings. The third-order valence-electron chi connectivity index (χ3n) is 5.47. The molecule has 1 aromatic carbocycles. The minimum Gasteiger partial charge on any atom is -0.346 e. The van der Waals surface area contributed by atoms with Gasteiger partial charge in [-0.1, -0.05) is 0 Å². The lowest BCUT2D eigenvalue weighted by Gasteiger charge is -2.26. The molecule has 3 rings (SSSR count). The summed E-state index contributed by atoms with van der Waals surface area (Å²) in [6, 6.07) is 1.67. The van der Waals surface area contributed by atoms with Crippen LogP contribution >= 0.6 is 0 Å². The van der Waals surface area contributed by atoms with Crippen molar-refractivity contribution in [1.82, 2.24) is 10.3 Å². The predicted octanol–water partition coefficient (Wildman–Crippen LogP) is 2.19. The number of aromatic amines is 1. The van der Waals surface area contributed by atoms with E-state index in [4.69, 9.17) is 5.26 Å². The Morgan fingerprint density at radius 1 is 1.40 bits per heavy atom. The number of halogens is 3. The maximum absolute atomic E-state index is 14.4. The van der Waals surface area contributed by atoms with E-state index in [1.165, 1.54) is 13.8 Å². The first-order chi connectivity index (χ1) is 14.1. The second kappa shape index (κ2) is 8.26. The SMILES string of the molecule is Cc1c(CC(=O)NC(C)C2C(F)CC(C#N)C[N+]2=O)c(=O)[nH]c2cc(F)c(F)cc12. The van der Waals surface area contributed by atoms with E-state index in [9.17, 15) is 27.7 Å². The molecule has 0 spiro atoms. The van der Waals surface area contributed by atoms with Crippen molar-refractivity contribution >= 4 is 16.8 Å². The molecule has 0 radical (unpaired) electrons. The van der Waals surface area contributed by atoms with Crippen LogP contribution in [0.15, 0.2) is 16.9 Å². The summed E-state index contributed by atoms with van der Waals surface area (Å²) >= 11 is 0. The van der Waals surface area contributed by atoms with Gasteiger partial charge in [0, 0.05) is 33.1 Å². The Hall–Kier alpha value is -3.22. The minimum atomic E-state index is -1.58. The van der Waals surface area contributed by atoms with Crippen molar-refractivity contribution in [1.29, 1.82) is 5.26 Å². The number of nitrogens with zero attached hydrogens (tertiary/aromatic N) is 2. The molecule has 10 heteroatoms. The topological polar surface area (TPSA) is 106 Å². The van der Waals surface area contributed by atoms with Gasteiger partial charge in [0.05, 0.1) is 24.0 Å². The van der Waals surface area contributed by atoms with Crippen LogP contribution in [-0.4, -0.2) is 40.5 Å². The van der Waals surface area contributed by atoms with Gasteiger partial charge in [0.2, 0.25) is 12.5 Å². The summed E-state index contributed by atoms with van der Waals surface area (Å²) in [5.41, 5.74) is -0.149. The van der Waals surface area contributed by atoms with Gasteiger partial charge in [-0.25, -0.2) is 13.2 Å². The van der Waals surface area contributed by atoms with Crippen LogP contribution in [0.2, 0.25) is 0 Å². The van der Waals surface area contributed by atoms with Crippen LogP contribution in [-0.2, 0) is 11.2 Å². The fourth-order valence-electron chi connectivity index (χ4n) is 3.92. The predicted molar refractivity (Wildman–Crippen MR) is 101 cm³/mol. The number of amides is 1. The molecule has 0 bridgehead atoms. The van der Waals surface area contributed by atoms with Gasteiger partial charge in [-0.05, 0) is 25.5 Å². The Morgan fingerprint density at radius 3 is 2.70 bits per heavy atom. The lowest BCUT2D eigenvalue weighted by atomic mass is 9.90. The average molecular weight is 421 g/mol. The van der Waals surface area contributed by atoms with E-state index in [0.29, 0.717) is 10.3 Å². The molecule has 0 saturated carbocycles. The van der Waals surface area contributed by atoms with Crippen molar-refractivity contribution in [2.45, 2.75) is 44.9 Å². The summed E-state index contributed by atoms with van der Waals surface area (Å²) in [7, 11) is 0. The van der Waals surface area contributed by atoms with Crippen molar-refractivity contribution in [2.24, 2.45) is 5.92 Å². The summed E-state index contributed by atoms with van der Waals surface area (Å²) in [5.74, 6) is -3.52. The second-order valence-corrected chi connectivity index (χ2v) is 7.57. The van der Waals surface area contributed by atoms with E-state index in [2.05, 4.69) is 10.3 Å². The van der Waals surface area contributed by atoms with Gasteiger partial charge in [0.25, 0.3) is 11.6 Å². The van der Waals surface area contributed by atoms with E-state index >= 15 is 0 Å². The number of rotatable bonds is 4. The molecule has 2 heterocycles. The molecule has 7 nitrogen and oxygen atoms in total. The van der Waals surface area contributed by atoms with E-state index in [1.54, 1.807) is 0 Å². The van der Waals surface area contributed by atoms with Crippen LogP contribution in [0.1, 0.15) is 24.5 Å². The van der Waals surface area contributed by atoms with Crippen molar-refractivity contribution < 1.29 is 22.7 Å². The molecule has 4 unspecified atom stereocenters. The van der Waals surface area contributed by atoms with Gasteiger partial charge in [0.15, 0.2) is 17.8 Å². The number of fused-ring (bicyclic) bond motifs is 1. The number of benzene rings is 1. The summed E-state index contributed by atoms with van der Waals surface area (Å²) < 4.78 is 41.8. The van der Waals surface area contributed by atoms with Crippen LogP contribution in [0.25, 0.3) is 10.9 Å². The van der Waals surface area contributed by atoms with Crippen LogP contribution in [0.4, 0.5) is 13.2 Å². The number of hydrogen-bond donors (Lipinski definition) is 2. The van der Waals surface area contributed by atoms with E-state index in [-0.39, 0.29) is 35.9 Å². The highest BCUT2D eigenvalue weighted by molar-refractivity contribution is 5.86. The molecule has 30 heavy (non-hydrogen) atoms. The zero-order chi connectivity index (χ0) is 22.2. The maximum atomic E-state index is 14.4. The van der Waals surface area contributed by atoms with Gasteiger partial charge in [-0.2, -0.15) is 5.26 Å². The maximum Gasteiger partial charge on any atom is 0.252 e. The number of nitrogens with one attached hydrogen (secondary N) is 2. The monoisotopic (exact) mass is 421 g/mol. The van der Waals surface area contributed by atoms with Gasteiger partial charge >= 0.3 is 0 Å². The van der Waals surface area contributed by atoms with Crippen molar-refractivity contribution in [3.8, 4) is 6.07 Å². The Bertz CT molecular complexity index is 1120. The molecule has 1 fully saturated rings. The van der Waals surface area contributed by atoms with E-state index in [0.717, 1.165) is 12.1 Å². The number of alkyl halides is 1. The van der Waals surface area contributed by atoms with Gasteiger partial charge < -0.3 is 10.3 Å². The normalized spacial score (nSPS) is 22.5. The van der Waals surface area contributed by atoms with E-state index < -0.39 is 47.3 Å². The largest absolute Gasteiger partial charge is 0.346 e.